The number of hydrogen-bond donors (Lipinski definition) is 0. The van der Waals surface area contributed by atoms with Crippen LogP contribution in [-0.4, -0.2) is 9.97 Å². The largest absolute Gasteiger partial charge is 1.00 e. The smallest absolute Gasteiger partial charge is 0.296 e. The Hall–Kier alpha value is 0.196. The van der Waals surface area contributed by atoms with Crippen molar-refractivity contribution in [1.82, 2.24) is 9.97 Å². The molecule has 0 saturated heterocycles. The summed E-state index contributed by atoms with van der Waals surface area (Å²) in [5.41, 5.74) is 0.966. The number of hydrogen-bond acceptors (Lipinski definition) is 2. The van der Waals surface area contributed by atoms with E-state index < -0.39 is 0 Å². The Balaban J connectivity index is 0.000000605. The van der Waals surface area contributed by atoms with Gasteiger partial charge < -0.3 is 0 Å². The molecule has 3 heteroatoms. The van der Waals surface area contributed by atoms with Gasteiger partial charge in [0.2, 0.25) is 0 Å². The van der Waals surface area contributed by atoms with Crippen LogP contribution in [0.15, 0.2) is 30.7 Å². The maximum atomic E-state index is 4.09. The molecule has 48 valence electrons. The van der Waals surface area contributed by atoms with Gasteiger partial charge in [0.25, 0.3) is 0 Å². The standard InChI is InChI=1S/C8H5N2.K/c1-2-7-6-9-5-3-8(7)10-4-1;/h2-6H;/q-1;+1. The molecule has 0 atom stereocenters. The van der Waals surface area contributed by atoms with E-state index in [1.165, 1.54) is 0 Å². The predicted octanol–water partition coefficient (Wildman–Crippen LogP) is -1.57. The predicted molar refractivity (Wildman–Crippen MR) is 38.4 cm³/mol. The summed E-state index contributed by atoms with van der Waals surface area (Å²) in [6.07, 6.45) is 5.16. The van der Waals surface area contributed by atoms with E-state index in [-0.39, 0.29) is 51.4 Å². The van der Waals surface area contributed by atoms with Crippen LogP contribution in [0.2, 0.25) is 0 Å². The van der Waals surface area contributed by atoms with Crippen LogP contribution in [0.3, 0.4) is 0 Å². The van der Waals surface area contributed by atoms with Crippen molar-refractivity contribution in [3.8, 4) is 0 Å². The Kier molecular flexibility index (Phi) is 3.61. The van der Waals surface area contributed by atoms with Gasteiger partial charge in [0.1, 0.15) is 0 Å². The third kappa shape index (κ3) is 2.07. The zero-order valence-electron chi connectivity index (χ0n) is 6.28. The molecule has 2 heterocycles. The summed E-state index contributed by atoms with van der Waals surface area (Å²) in [4.78, 5) is 8.04. The van der Waals surface area contributed by atoms with Crippen LogP contribution < -0.4 is 51.4 Å². The minimum absolute atomic E-state index is 0. The Labute approximate surface area is 107 Å². The molecule has 2 rings (SSSR count). The molecule has 2 aromatic heterocycles. The monoisotopic (exact) mass is 168 g/mol. The van der Waals surface area contributed by atoms with Crippen molar-refractivity contribution >= 4 is 10.9 Å². The molecule has 0 amide bonds. The van der Waals surface area contributed by atoms with Gasteiger partial charge in [-0.2, -0.15) is 0 Å². The van der Waals surface area contributed by atoms with Crippen molar-refractivity contribution < 1.29 is 51.4 Å². The van der Waals surface area contributed by atoms with Gasteiger partial charge in [0, 0.05) is 6.20 Å². The van der Waals surface area contributed by atoms with Crippen molar-refractivity contribution in [2.45, 2.75) is 0 Å². The summed E-state index contributed by atoms with van der Waals surface area (Å²) in [5.74, 6) is 0. The SMILES string of the molecule is [K+].[c-]1cnc2ccncc2c1. The molecular formula is C8H5KN2. The maximum absolute atomic E-state index is 4.09. The second kappa shape index (κ2) is 4.28. The third-order valence-electron chi connectivity index (χ3n) is 1.34. The quantitative estimate of drug-likeness (QED) is 0.351. The van der Waals surface area contributed by atoms with Gasteiger partial charge in [-0.15, -0.1) is 5.39 Å². The molecule has 0 aromatic carbocycles. The fourth-order valence-electron chi connectivity index (χ4n) is 0.862. The molecule has 2 aromatic rings. The third-order valence-corrected chi connectivity index (χ3v) is 1.34. The first-order valence-electron chi connectivity index (χ1n) is 3.02. The van der Waals surface area contributed by atoms with Gasteiger partial charge in [-0.25, -0.2) is 12.1 Å². The van der Waals surface area contributed by atoms with Gasteiger partial charge in [-0.05, 0) is 17.8 Å². The molecule has 0 saturated carbocycles. The van der Waals surface area contributed by atoms with E-state index in [2.05, 4.69) is 16.0 Å². The molecule has 0 spiro atoms. The summed E-state index contributed by atoms with van der Waals surface area (Å²) in [6, 6.07) is 6.63. The van der Waals surface area contributed by atoms with Crippen LogP contribution >= 0.6 is 0 Å². The van der Waals surface area contributed by atoms with E-state index in [9.17, 15) is 0 Å². The number of rotatable bonds is 0. The summed E-state index contributed by atoms with van der Waals surface area (Å²) in [6.45, 7) is 0. The van der Waals surface area contributed by atoms with Crippen molar-refractivity contribution in [3.63, 3.8) is 0 Å². The number of fused-ring (bicyclic) bond motifs is 1. The normalized spacial score (nSPS) is 9.09. The minimum Gasteiger partial charge on any atom is -0.296 e. The second-order valence-corrected chi connectivity index (χ2v) is 2.00. The average molecular weight is 168 g/mol. The van der Waals surface area contributed by atoms with Gasteiger partial charge in [-0.1, -0.05) is 6.20 Å². The summed E-state index contributed by atoms with van der Waals surface area (Å²) >= 11 is 0. The molecule has 0 radical (unpaired) electrons. The zero-order chi connectivity index (χ0) is 6.81. The molecule has 0 N–H and O–H groups in total. The number of pyridine rings is 2. The zero-order valence-corrected chi connectivity index (χ0v) is 9.40. The Bertz CT molecular complexity index is 283. The van der Waals surface area contributed by atoms with E-state index in [0.717, 1.165) is 10.9 Å². The molecular weight excluding hydrogens is 163 g/mol. The van der Waals surface area contributed by atoms with Crippen molar-refractivity contribution in [3.05, 3.63) is 36.8 Å². The summed E-state index contributed by atoms with van der Waals surface area (Å²) < 4.78 is 0. The van der Waals surface area contributed by atoms with E-state index in [4.69, 9.17) is 0 Å². The fourth-order valence-corrected chi connectivity index (χ4v) is 0.862. The first kappa shape index (κ1) is 9.29. The van der Waals surface area contributed by atoms with E-state index in [0.29, 0.717) is 0 Å². The van der Waals surface area contributed by atoms with Crippen molar-refractivity contribution in [2.24, 2.45) is 0 Å². The van der Waals surface area contributed by atoms with E-state index >= 15 is 0 Å². The van der Waals surface area contributed by atoms with Crippen LogP contribution in [0.4, 0.5) is 0 Å². The van der Waals surface area contributed by atoms with Crippen LogP contribution in [0, 0.1) is 6.07 Å². The summed E-state index contributed by atoms with van der Waals surface area (Å²) in [7, 11) is 0. The Morgan fingerprint density at radius 3 is 3.09 bits per heavy atom. The van der Waals surface area contributed by atoms with Gasteiger partial charge >= 0.3 is 51.4 Å². The number of aromatic nitrogens is 2. The van der Waals surface area contributed by atoms with E-state index in [1.807, 2.05) is 12.1 Å². The average Bonchev–Trinajstić information content (AvgIpc) is 2.05. The van der Waals surface area contributed by atoms with Gasteiger partial charge in [-0.3, -0.25) is 9.97 Å². The first-order valence-corrected chi connectivity index (χ1v) is 3.02. The Morgan fingerprint density at radius 2 is 2.27 bits per heavy atom. The van der Waals surface area contributed by atoms with E-state index in [1.54, 1.807) is 18.6 Å². The molecule has 0 aliphatic rings. The molecule has 0 bridgehead atoms. The Morgan fingerprint density at radius 1 is 1.36 bits per heavy atom. The van der Waals surface area contributed by atoms with Crippen LogP contribution in [0.1, 0.15) is 0 Å². The number of nitrogens with zero attached hydrogens (tertiary/aromatic N) is 2. The maximum Gasteiger partial charge on any atom is 1.00 e. The molecule has 11 heavy (non-hydrogen) atoms. The second-order valence-electron chi connectivity index (χ2n) is 2.00. The van der Waals surface area contributed by atoms with Gasteiger partial charge in [0.05, 0.1) is 0 Å². The minimum atomic E-state index is 0. The van der Waals surface area contributed by atoms with Crippen molar-refractivity contribution in [1.29, 1.82) is 0 Å². The summed E-state index contributed by atoms with van der Waals surface area (Å²) in [5, 5.41) is 1.03. The van der Waals surface area contributed by atoms with Crippen LogP contribution in [-0.2, 0) is 0 Å². The molecule has 0 aliphatic heterocycles. The van der Waals surface area contributed by atoms with Crippen molar-refractivity contribution in [2.75, 3.05) is 0 Å². The molecule has 2 nitrogen and oxygen atoms in total. The molecule has 0 unspecified atom stereocenters. The topological polar surface area (TPSA) is 25.8 Å². The fraction of sp³-hybridized carbons (Fsp3) is 0. The molecule has 0 fully saturated rings. The van der Waals surface area contributed by atoms with Gasteiger partial charge in [0.15, 0.2) is 0 Å². The molecule has 0 aliphatic carbocycles. The van der Waals surface area contributed by atoms with Crippen LogP contribution in [0.25, 0.3) is 10.9 Å². The van der Waals surface area contributed by atoms with Crippen LogP contribution in [0.5, 0.6) is 0 Å². The first-order chi connectivity index (χ1) is 4.97.